The summed E-state index contributed by atoms with van der Waals surface area (Å²) in [5.41, 5.74) is 13.0. The number of benzene rings is 1. The van der Waals surface area contributed by atoms with Crippen LogP contribution >= 0.6 is 0 Å². The number of hydrogen-bond donors (Lipinski definition) is 5. The van der Waals surface area contributed by atoms with E-state index in [0.29, 0.717) is 12.2 Å². The van der Waals surface area contributed by atoms with Gasteiger partial charge in [0, 0.05) is 18.3 Å². The van der Waals surface area contributed by atoms with Crippen LogP contribution in [0.5, 0.6) is 0 Å². The number of nitrogens with zero attached hydrogens (tertiary/aromatic N) is 1. The number of aromatic nitrogens is 2. The first kappa shape index (κ1) is 17.5. The molecule has 0 aliphatic carbocycles. The minimum Gasteiger partial charge on any atom is -0.365 e. The molecule has 8 heteroatoms. The van der Waals surface area contributed by atoms with E-state index in [0.717, 1.165) is 11.1 Å². The molecular weight excluding hydrogens is 308 g/mol. The van der Waals surface area contributed by atoms with Crippen LogP contribution in [0.15, 0.2) is 23.0 Å². The third-order valence-corrected chi connectivity index (χ3v) is 3.24. The molecule has 0 saturated carbocycles. The number of amides is 1. The van der Waals surface area contributed by atoms with E-state index in [-0.39, 0.29) is 23.4 Å². The monoisotopic (exact) mass is 330 g/mol. The lowest BCUT2D eigenvalue weighted by Crippen LogP contribution is -2.30. The lowest BCUT2D eigenvalue weighted by atomic mass is 10.1. The number of aryl methyl sites for hydroxylation is 2. The summed E-state index contributed by atoms with van der Waals surface area (Å²) in [6.07, 6.45) is 0. The van der Waals surface area contributed by atoms with Crippen LogP contribution in [0.1, 0.15) is 28.4 Å². The Kier molecular flexibility index (Phi) is 5.20. The molecule has 0 bridgehead atoms. The fourth-order valence-electron chi connectivity index (χ4n) is 2.32. The fraction of sp³-hybridized carbons (Fsp3) is 0.312. The summed E-state index contributed by atoms with van der Waals surface area (Å²) >= 11 is 0. The topological polar surface area (TPSA) is 139 Å². The molecule has 1 unspecified atom stereocenters. The minimum atomic E-state index is -0.852. The van der Waals surface area contributed by atoms with Crippen LogP contribution in [0, 0.1) is 13.8 Å². The largest absolute Gasteiger partial charge is 0.365 e. The Labute approximate surface area is 139 Å². The molecule has 0 fully saturated rings. The van der Waals surface area contributed by atoms with Gasteiger partial charge in [0.2, 0.25) is 5.95 Å². The highest BCUT2D eigenvalue weighted by atomic mass is 16.2. The van der Waals surface area contributed by atoms with Crippen LogP contribution in [0.3, 0.4) is 0 Å². The molecule has 0 saturated heterocycles. The van der Waals surface area contributed by atoms with Gasteiger partial charge < -0.3 is 22.1 Å². The zero-order valence-corrected chi connectivity index (χ0v) is 13.9. The Morgan fingerprint density at radius 2 is 1.92 bits per heavy atom. The predicted molar refractivity (Wildman–Crippen MR) is 94.7 cm³/mol. The first-order chi connectivity index (χ1) is 11.3. The van der Waals surface area contributed by atoms with E-state index in [1.54, 1.807) is 0 Å². The molecule has 0 spiro atoms. The van der Waals surface area contributed by atoms with Gasteiger partial charge in [-0.15, -0.1) is 0 Å². The molecule has 1 aromatic carbocycles. The van der Waals surface area contributed by atoms with E-state index in [2.05, 4.69) is 20.6 Å². The summed E-state index contributed by atoms with van der Waals surface area (Å²) in [5, 5.41) is 5.92. The van der Waals surface area contributed by atoms with E-state index in [1.807, 2.05) is 39.0 Å². The number of carbonyl (C=O) groups is 1. The Morgan fingerprint density at radius 3 is 2.46 bits per heavy atom. The van der Waals surface area contributed by atoms with E-state index >= 15 is 0 Å². The molecule has 0 radical (unpaired) electrons. The molecule has 1 aromatic heterocycles. The molecule has 24 heavy (non-hydrogen) atoms. The second-order valence-electron chi connectivity index (χ2n) is 5.86. The highest BCUT2D eigenvalue weighted by Crippen LogP contribution is 2.20. The van der Waals surface area contributed by atoms with Gasteiger partial charge in [-0.2, -0.15) is 4.98 Å². The number of anilines is 3. The number of hydrogen-bond acceptors (Lipinski definition) is 6. The lowest BCUT2D eigenvalue weighted by molar-refractivity contribution is 0.0999. The van der Waals surface area contributed by atoms with Crippen molar-refractivity contribution in [1.82, 2.24) is 9.97 Å². The molecule has 1 amide bonds. The maximum absolute atomic E-state index is 12.2. The maximum Gasteiger partial charge on any atom is 0.267 e. The normalized spacial score (nSPS) is 11.8. The quantitative estimate of drug-likeness (QED) is 0.535. The first-order valence-electron chi connectivity index (χ1n) is 7.55. The van der Waals surface area contributed by atoms with Gasteiger partial charge in [-0.1, -0.05) is 6.07 Å². The van der Waals surface area contributed by atoms with Crippen LogP contribution in [0.25, 0.3) is 0 Å². The van der Waals surface area contributed by atoms with E-state index in [4.69, 9.17) is 11.5 Å². The smallest absolute Gasteiger partial charge is 0.267 e. The van der Waals surface area contributed by atoms with Gasteiger partial charge in [0.1, 0.15) is 5.56 Å². The number of H-pyrrole nitrogens is 1. The second kappa shape index (κ2) is 7.14. The third-order valence-electron chi connectivity index (χ3n) is 3.24. The van der Waals surface area contributed by atoms with Gasteiger partial charge in [0.25, 0.3) is 11.5 Å². The van der Waals surface area contributed by atoms with Crippen molar-refractivity contribution < 1.29 is 4.79 Å². The lowest BCUT2D eigenvalue weighted by Gasteiger charge is -2.13. The van der Waals surface area contributed by atoms with Gasteiger partial charge in [0.15, 0.2) is 5.82 Å². The third kappa shape index (κ3) is 4.32. The van der Waals surface area contributed by atoms with Crippen molar-refractivity contribution in [3.05, 3.63) is 45.2 Å². The standard InChI is InChI=1S/C16H22N6O2/c1-8-4-9(2)6-11(5-8)20-14-12(13(18)23)15(24)22-16(21-14)19-7-10(3)17/h4-6,10H,7,17H2,1-3H3,(H2,18,23)(H3,19,20,21,22,24). The minimum absolute atomic E-state index is 0.100. The van der Waals surface area contributed by atoms with Gasteiger partial charge in [-0.3, -0.25) is 14.6 Å². The Bertz CT molecular complexity index is 792. The zero-order chi connectivity index (χ0) is 17.9. The highest BCUT2D eigenvalue weighted by molar-refractivity contribution is 5.98. The fourth-order valence-corrected chi connectivity index (χ4v) is 2.32. The summed E-state index contributed by atoms with van der Waals surface area (Å²) < 4.78 is 0. The number of nitrogens with two attached hydrogens (primary N) is 2. The average Bonchev–Trinajstić information content (AvgIpc) is 2.43. The molecule has 0 aliphatic rings. The molecule has 7 N–H and O–H groups in total. The highest BCUT2D eigenvalue weighted by Gasteiger charge is 2.17. The molecule has 2 rings (SSSR count). The molecule has 1 heterocycles. The molecule has 2 aromatic rings. The SMILES string of the molecule is Cc1cc(C)cc(Nc2nc(NCC(C)N)[nH]c(=O)c2C(N)=O)c1. The van der Waals surface area contributed by atoms with Crippen LogP contribution in [0.4, 0.5) is 17.5 Å². The summed E-state index contributed by atoms with van der Waals surface area (Å²) in [6, 6.07) is 5.66. The summed E-state index contributed by atoms with van der Waals surface area (Å²) in [6.45, 7) is 6.14. The van der Waals surface area contributed by atoms with Crippen molar-refractivity contribution in [2.45, 2.75) is 26.8 Å². The summed E-state index contributed by atoms with van der Waals surface area (Å²) in [7, 11) is 0. The van der Waals surface area contributed by atoms with Crippen LogP contribution in [-0.2, 0) is 0 Å². The van der Waals surface area contributed by atoms with Gasteiger partial charge in [0.05, 0.1) is 0 Å². The van der Waals surface area contributed by atoms with Crippen molar-refractivity contribution in [1.29, 1.82) is 0 Å². The summed E-state index contributed by atoms with van der Waals surface area (Å²) in [4.78, 5) is 30.5. The second-order valence-corrected chi connectivity index (χ2v) is 5.86. The predicted octanol–water partition coefficient (Wildman–Crippen LogP) is 0.988. The zero-order valence-electron chi connectivity index (χ0n) is 13.9. The molecule has 0 aliphatic heterocycles. The van der Waals surface area contributed by atoms with Gasteiger partial charge in [-0.05, 0) is 44.0 Å². The summed E-state index contributed by atoms with van der Waals surface area (Å²) in [5.74, 6) is -0.535. The Hall–Kier alpha value is -2.87. The molecular formula is C16H22N6O2. The van der Waals surface area contributed by atoms with Gasteiger partial charge in [-0.25, -0.2) is 0 Å². The number of rotatable bonds is 6. The van der Waals surface area contributed by atoms with Crippen molar-refractivity contribution >= 4 is 23.4 Å². The number of primary amides is 1. The average molecular weight is 330 g/mol. The van der Waals surface area contributed by atoms with Crippen LogP contribution in [-0.4, -0.2) is 28.5 Å². The van der Waals surface area contributed by atoms with Crippen molar-refractivity contribution in [3.8, 4) is 0 Å². The van der Waals surface area contributed by atoms with E-state index < -0.39 is 11.5 Å². The van der Waals surface area contributed by atoms with Crippen LogP contribution < -0.4 is 27.7 Å². The van der Waals surface area contributed by atoms with Crippen molar-refractivity contribution in [3.63, 3.8) is 0 Å². The van der Waals surface area contributed by atoms with Crippen molar-refractivity contribution in [2.24, 2.45) is 11.5 Å². The number of nitrogens with one attached hydrogen (secondary N) is 3. The number of aromatic amines is 1. The van der Waals surface area contributed by atoms with E-state index in [9.17, 15) is 9.59 Å². The molecule has 1 atom stereocenters. The molecule has 128 valence electrons. The Morgan fingerprint density at radius 1 is 1.29 bits per heavy atom. The number of carbonyl (C=O) groups excluding carboxylic acids is 1. The Balaban J connectivity index is 2.44. The first-order valence-corrected chi connectivity index (χ1v) is 7.55. The van der Waals surface area contributed by atoms with Crippen molar-refractivity contribution in [2.75, 3.05) is 17.2 Å². The van der Waals surface area contributed by atoms with Gasteiger partial charge >= 0.3 is 0 Å². The maximum atomic E-state index is 12.2. The van der Waals surface area contributed by atoms with Crippen LogP contribution in [0.2, 0.25) is 0 Å². The molecule has 8 nitrogen and oxygen atoms in total. The van der Waals surface area contributed by atoms with E-state index in [1.165, 1.54) is 0 Å².